The van der Waals surface area contributed by atoms with Crippen molar-refractivity contribution in [3.05, 3.63) is 50.5 Å². The Morgan fingerprint density at radius 3 is 2.63 bits per heavy atom. The van der Waals surface area contributed by atoms with Crippen molar-refractivity contribution in [2.45, 2.75) is 18.0 Å². The molecule has 218 valence electrons. The zero-order valence-electron chi connectivity index (χ0n) is 21.7. The van der Waals surface area contributed by atoms with Crippen LogP contribution in [0.15, 0.2) is 38.9 Å². The molecular weight excluding hydrogens is 582 g/mol. The highest BCUT2D eigenvalue weighted by molar-refractivity contribution is 8.00. The minimum absolute atomic E-state index is 0.0127. The number of aromatic amines is 1. The van der Waals surface area contributed by atoms with Gasteiger partial charge in [-0.2, -0.15) is 0 Å². The molecule has 41 heavy (non-hydrogen) atoms. The minimum Gasteiger partial charge on any atom is -0.503 e. The van der Waals surface area contributed by atoms with E-state index >= 15 is 0 Å². The summed E-state index contributed by atoms with van der Waals surface area (Å²) in [7, 11) is 3.65. The molecule has 2 aliphatic rings. The van der Waals surface area contributed by atoms with Gasteiger partial charge in [-0.25, -0.2) is 14.6 Å². The molecule has 18 heteroatoms. The number of oxime groups is 1. The fraction of sp³-hybridized carbons (Fsp3) is 0.348. The molecule has 1 saturated heterocycles. The second kappa shape index (κ2) is 11.6. The first-order chi connectivity index (χ1) is 19.3. The lowest BCUT2D eigenvalue weighted by atomic mass is 10.0. The molecule has 2 atom stereocenters. The Bertz CT molecular complexity index is 1530. The van der Waals surface area contributed by atoms with E-state index in [9.17, 15) is 34.2 Å². The van der Waals surface area contributed by atoms with Gasteiger partial charge in [0.15, 0.2) is 16.6 Å². The number of anilines is 1. The Kier molecular flexibility index (Phi) is 8.36. The average Bonchev–Trinajstić information content (AvgIpc) is 3.31. The summed E-state index contributed by atoms with van der Waals surface area (Å²) in [5.74, 6) is -4.32. The van der Waals surface area contributed by atoms with E-state index < -0.39 is 58.7 Å². The molecule has 7 N–H and O–H groups in total. The largest absolute Gasteiger partial charge is 0.503 e. The van der Waals surface area contributed by atoms with Crippen molar-refractivity contribution in [1.82, 2.24) is 20.2 Å². The number of nitrogen functional groups attached to an aromatic ring is 1. The van der Waals surface area contributed by atoms with E-state index in [0.29, 0.717) is 17.8 Å². The number of nitrogens with two attached hydrogens (primary N) is 1. The predicted octanol–water partition coefficient (Wildman–Crippen LogP) is -1.06. The molecule has 0 saturated carbocycles. The van der Waals surface area contributed by atoms with Gasteiger partial charge in [0.1, 0.15) is 35.9 Å². The number of thioether (sulfide) groups is 1. The molecule has 4 rings (SSSR count). The van der Waals surface area contributed by atoms with Crippen molar-refractivity contribution < 1.29 is 43.8 Å². The van der Waals surface area contributed by atoms with Crippen LogP contribution in [-0.2, 0) is 30.6 Å². The van der Waals surface area contributed by atoms with E-state index in [1.165, 1.54) is 29.4 Å². The number of aromatic nitrogens is 2. The normalized spacial score (nSPS) is 18.9. The number of likely N-dealkylation sites (N-methyl/N-ethyl adjacent to an activating group) is 1. The number of nitrogens with zero attached hydrogens (tertiary/aromatic N) is 4. The number of thiazole rings is 1. The van der Waals surface area contributed by atoms with Crippen LogP contribution in [0.25, 0.3) is 0 Å². The number of aromatic hydroxyl groups is 1. The van der Waals surface area contributed by atoms with Crippen LogP contribution < -0.4 is 16.5 Å². The van der Waals surface area contributed by atoms with E-state index in [1.807, 2.05) is 14.1 Å². The molecule has 0 bridgehead atoms. The molecule has 2 aliphatic heterocycles. The highest BCUT2D eigenvalue weighted by Gasteiger charge is 2.55. The van der Waals surface area contributed by atoms with E-state index in [1.54, 1.807) is 0 Å². The number of carboxylic acid groups (broad SMARTS) is 2. The predicted molar refractivity (Wildman–Crippen MR) is 146 cm³/mol. The summed E-state index contributed by atoms with van der Waals surface area (Å²) < 4.78 is 0.229. The SMILES string of the molecule is C[N+](C)(CC1=C(C(=O)O)N2C(=O)[C@@H](NC(=O)/C(=N/OCC(=O)O)c3csc(N)n3)[C@H]2SC1)Cc1cc(=O)c(O)c[nH]1. The Labute approximate surface area is 239 Å². The molecule has 2 aromatic heterocycles. The number of pyridine rings is 1. The number of carboxylic acids is 2. The smallest absolute Gasteiger partial charge is 0.352 e. The quantitative estimate of drug-likeness (QED) is 0.0775. The molecular formula is C23H26N7O9S2+. The molecule has 4 heterocycles. The lowest BCUT2D eigenvalue weighted by Crippen LogP contribution is -2.71. The highest BCUT2D eigenvalue weighted by Crippen LogP contribution is 2.41. The molecule has 0 unspecified atom stereocenters. The summed E-state index contributed by atoms with van der Waals surface area (Å²) >= 11 is 2.28. The van der Waals surface area contributed by atoms with E-state index in [4.69, 9.17) is 15.7 Å². The van der Waals surface area contributed by atoms with Crippen molar-refractivity contribution in [3.8, 4) is 5.75 Å². The molecule has 0 radical (unpaired) electrons. The van der Waals surface area contributed by atoms with Gasteiger partial charge in [0.2, 0.25) is 12.0 Å². The Balaban J connectivity index is 1.51. The number of carbonyl (C=O) groups is 4. The van der Waals surface area contributed by atoms with Crippen molar-refractivity contribution in [2.24, 2.45) is 5.16 Å². The van der Waals surface area contributed by atoms with E-state index in [0.717, 1.165) is 16.2 Å². The van der Waals surface area contributed by atoms with Gasteiger partial charge < -0.3 is 40.7 Å². The number of rotatable bonds is 11. The summed E-state index contributed by atoms with van der Waals surface area (Å²) in [4.78, 5) is 73.7. The summed E-state index contributed by atoms with van der Waals surface area (Å²) in [6.07, 6.45) is 1.19. The average molecular weight is 609 g/mol. The maximum atomic E-state index is 13.1. The summed E-state index contributed by atoms with van der Waals surface area (Å²) in [6.45, 7) is -0.286. The third-order valence-electron chi connectivity index (χ3n) is 6.03. The van der Waals surface area contributed by atoms with Crippen molar-refractivity contribution >= 4 is 57.7 Å². The Hall–Kier alpha value is -4.42. The first-order valence-corrected chi connectivity index (χ1v) is 13.8. The van der Waals surface area contributed by atoms with Gasteiger partial charge >= 0.3 is 11.9 Å². The number of amides is 2. The number of aliphatic carboxylic acids is 2. The third kappa shape index (κ3) is 6.50. The van der Waals surface area contributed by atoms with Gasteiger partial charge in [-0.1, -0.05) is 5.16 Å². The van der Waals surface area contributed by atoms with Gasteiger partial charge in [-0.15, -0.1) is 23.1 Å². The monoisotopic (exact) mass is 608 g/mol. The van der Waals surface area contributed by atoms with Gasteiger partial charge in [0.05, 0.1) is 19.8 Å². The maximum Gasteiger partial charge on any atom is 0.352 e. The van der Waals surface area contributed by atoms with Crippen LogP contribution in [0.2, 0.25) is 0 Å². The second-order valence-electron chi connectivity index (χ2n) is 9.76. The van der Waals surface area contributed by atoms with Crippen LogP contribution in [0.3, 0.4) is 0 Å². The van der Waals surface area contributed by atoms with Gasteiger partial charge in [0.25, 0.3) is 11.8 Å². The Morgan fingerprint density at radius 1 is 1.29 bits per heavy atom. The molecule has 2 aromatic rings. The van der Waals surface area contributed by atoms with Gasteiger partial charge in [0, 0.05) is 29.0 Å². The molecule has 2 amide bonds. The summed E-state index contributed by atoms with van der Waals surface area (Å²) in [6, 6.07) is 0.179. The lowest BCUT2D eigenvalue weighted by molar-refractivity contribution is -0.899. The standard InChI is InChI=1S/C23H25N7O9S2/c1-30(2,6-11-3-13(31)14(32)4-25-11)5-10-8-40-21-17(20(36)29(21)18(10)22(37)38)27-19(35)16(28-39-7-15(33)34)12-9-41-23(24)26-12/h3-4,9,17,21H,5-8H2,1-2H3,(H6-,24,25,26,27,28,31,32,33,34,35,37,38)/p+1/t17-,21-/m1/s1. The van der Waals surface area contributed by atoms with Crippen LogP contribution in [0.1, 0.15) is 11.4 Å². The number of β-lactam (4-membered cyclic amide) rings is 1. The molecule has 0 aromatic carbocycles. The van der Waals surface area contributed by atoms with Gasteiger partial charge in [-0.3, -0.25) is 19.3 Å². The number of hydrogen-bond acceptors (Lipinski definition) is 12. The number of carbonyl (C=O) groups excluding carboxylic acids is 2. The fourth-order valence-electron chi connectivity index (χ4n) is 4.40. The van der Waals surface area contributed by atoms with Crippen LogP contribution in [0, 0.1) is 0 Å². The van der Waals surface area contributed by atoms with E-state index in [-0.39, 0.29) is 33.3 Å². The van der Waals surface area contributed by atoms with E-state index in [2.05, 4.69) is 20.4 Å². The lowest BCUT2D eigenvalue weighted by Gasteiger charge is -2.49. The maximum absolute atomic E-state index is 13.1. The number of H-pyrrole nitrogens is 1. The van der Waals surface area contributed by atoms with Crippen LogP contribution in [-0.4, -0.2) is 109 Å². The fourth-order valence-corrected chi connectivity index (χ4v) is 6.28. The van der Waals surface area contributed by atoms with Crippen LogP contribution in [0.4, 0.5) is 5.13 Å². The number of fused-ring (bicyclic) bond motifs is 1. The number of quaternary nitrogens is 1. The first kappa shape index (κ1) is 29.6. The molecule has 0 aliphatic carbocycles. The number of hydrogen-bond donors (Lipinski definition) is 6. The van der Waals surface area contributed by atoms with Crippen molar-refractivity contribution in [1.29, 1.82) is 0 Å². The van der Waals surface area contributed by atoms with Crippen LogP contribution in [0.5, 0.6) is 5.75 Å². The van der Waals surface area contributed by atoms with Gasteiger partial charge in [-0.05, 0) is 0 Å². The van der Waals surface area contributed by atoms with Crippen molar-refractivity contribution in [2.75, 3.05) is 38.7 Å². The molecule has 16 nitrogen and oxygen atoms in total. The Morgan fingerprint density at radius 2 is 2.02 bits per heavy atom. The minimum atomic E-state index is -1.32. The molecule has 1 fully saturated rings. The topological polar surface area (TPSA) is 238 Å². The number of nitrogens with one attached hydrogen (secondary N) is 2. The van der Waals surface area contributed by atoms with Crippen molar-refractivity contribution in [3.63, 3.8) is 0 Å². The highest BCUT2D eigenvalue weighted by atomic mass is 32.2. The summed E-state index contributed by atoms with van der Waals surface area (Å²) in [5, 5.41) is 35.2. The summed E-state index contributed by atoms with van der Waals surface area (Å²) in [5.41, 5.74) is 5.55. The zero-order valence-corrected chi connectivity index (χ0v) is 23.3. The molecule has 0 spiro atoms. The third-order valence-corrected chi connectivity index (χ3v) is 8.04. The first-order valence-electron chi connectivity index (χ1n) is 11.8. The van der Waals surface area contributed by atoms with Crippen LogP contribution >= 0.6 is 23.1 Å². The second-order valence-corrected chi connectivity index (χ2v) is 11.8. The zero-order chi connectivity index (χ0) is 30.1.